The third-order valence-electron chi connectivity index (χ3n) is 1.11. The van der Waals surface area contributed by atoms with Gasteiger partial charge in [0.2, 0.25) is 0 Å². The summed E-state index contributed by atoms with van der Waals surface area (Å²) >= 11 is 0. The number of hydrogen-bond donors (Lipinski definition) is 1. The zero-order valence-electron chi connectivity index (χ0n) is 5.82. The van der Waals surface area contributed by atoms with E-state index in [2.05, 4.69) is 4.98 Å². The topological polar surface area (TPSA) is 56.0 Å². The number of aromatic nitrogens is 1. The van der Waals surface area contributed by atoms with Crippen LogP contribution in [0.1, 0.15) is 5.69 Å². The third kappa shape index (κ3) is 2.21. The van der Waals surface area contributed by atoms with Crippen LogP contribution in [-0.4, -0.2) is 11.3 Å². The summed E-state index contributed by atoms with van der Waals surface area (Å²) in [5.41, 5.74) is 5.92. The Hall–Kier alpha value is -1.64. The van der Waals surface area contributed by atoms with Crippen molar-refractivity contribution in [1.29, 1.82) is 0 Å². The van der Waals surface area contributed by atoms with Crippen LogP contribution in [0, 0.1) is 0 Å². The van der Waals surface area contributed by atoms with Gasteiger partial charge in [0.25, 0.3) is 6.29 Å². The number of allylic oxidation sites excluding steroid dienone is 1. The highest BCUT2D eigenvalue weighted by molar-refractivity contribution is 5.80. The Morgan fingerprint density at radius 2 is 2.45 bits per heavy atom. The average Bonchev–Trinajstić information content (AvgIpc) is 2.06. The Kier molecular flexibility index (Phi) is 2.38. The van der Waals surface area contributed by atoms with E-state index >= 15 is 0 Å². The van der Waals surface area contributed by atoms with Crippen LogP contribution >= 0.6 is 0 Å². The number of hydrogen-bond acceptors (Lipinski definition) is 3. The van der Waals surface area contributed by atoms with Crippen molar-refractivity contribution in [2.75, 3.05) is 0 Å². The lowest BCUT2D eigenvalue weighted by molar-refractivity contribution is 0.561. The highest BCUT2D eigenvalue weighted by Gasteiger charge is 1.89. The van der Waals surface area contributed by atoms with Gasteiger partial charge in [-0.25, -0.2) is 0 Å². The Bertz CT molecular complexity index is 267. The minimum atomic E-state index is 0.0590. The molecule has 3 nitrogen and oxygen atoms in total. The number of nitrogens with zero attached hydrogens (tertiary/aromatic N) is 1. The first-order valence-electron chi connectivity index (χ1n) is 3.09. The van der Waals surface area contributed by atoms with E-state index in [9.17, 15) is 4.79 Å². The molecule has 0 aliphatic rings. The summed E-state index contributed by atoms with van der Waals surface area (Å²) in [6, 6.07) is 5.36. The molecule has 0 bridgehead atoms. The van der Waals surface area contributed by atoms with Crippen LogP contribution in [0.25, 0.3) is 6.08 Å². The van der Waals surface area contributed by atoms with E-state index in [1.807, 2.05) is 6.07 Å². The van der Waals surface area contributed by atoms with Gasteiger partial charge in [-0.2, -0.15) is 0 Å². The molecule has 0 fully saturated rings. The summed E-state index contributed by atoms with van der Waals surface area (Å²) in [7, 11) is 0. The van der Waals surface area contributed by atoms with E-state index in [4.69, 9.17) is 5.73 Å². The van der Waals surface area contributed by atoms with Crippen molar-refractivity contribution in [3.8, 4) is 0 Å². The van der Waals surface area contributed by atoms with Crippen LogP contribution in [0.2, 0.25) is 0 Å². The Labute approximate surface area is 64.6 Å². The highest BCUT2D eigenvalue weighted by atomic mass is 16.1. The average molecular weight is 147 g/mol. The van der Waals surface area contributed by atoms with Gasteiger partial charge in [-0.15, -0.1) is 0 Å². The van der Waals surface area contributed by atoms with E-state index in [1.54, 1.807) is 24.6 Å². The van der Waals surface area contributed by atoms with Crippen LogP contribution in [0.5, 0.6) is 0 Å². The summed E-state index contributed by atoms with van der Waals surface area (Å²) in [5, 5.41) is 0. The van der Waals surface area contributed by atoms with Crippen molar-refractivity contribution in [3.05, 3.63) is 35.8 Å². The summed E-state index contributed by atoms with van der Waals surface area (Å²) in [6.07, 6.45) is 4.66. The van der Waals surface area contributed by atoms with Gasteiger partial charge in [-0.3, -0.25) is 9.78 Å². The van der Waals surface area contributed by atoms with Gasteiger partial charge < -0.3 is 5.73 Å². The smallest absolute Gasteiger partial charge is 0.250 e. The standard InChI is InChI=1S/C8H7N2O/c9-7(6-11)5-8-3-1-2-4-10-8/h1-5H,9H2. The van der Waals surface area contributed by atoms with Crippen LogP contribution in [0.15, 0.2) is 30.1 Å². The molecule has 3 heteroatoms. The van der Waals surface area contributed by atoms with Crippen molar-refractivity contribution in [2.24, 2.45) is 5.73 Å². The summed E-state index contributed by atoms with van der Waals surface area (Å²) < 4.78 is 0. The Morgan fingerprint density at radius 1 is 1.64 bits per heavy atom. The van der Waals surface area contributed by atoms with Gasteiger partial charge in [0, 0.05) is 6.20 Å². The molecule has 1 aromatic rings. The second kappa shape index (κ2) is 3.51. The summed E-state index contributed by atoms with van der Waals surface area (Å²) in [4.78, 5) is 13.9. The molecule has 0 saturated carbocycles. The Balaban J connectivity index is 2.87. The van der Waals surface area contributed by atoms with Gasteiger partial charge in [0.15, 0.2) is 0 Å². The first-order chi connectivity index (χ1) is 5.33. The molecule has 1 heterocycles. The molecular formula is C8H7N2O. The van der Waals surface area contributed by atoms with E-state index in [0.29, 0.717) is 5.69 Å². The maximum absolute atomic E-state index is 9.96. The fraction of sp³-hybridized carbons (Fsp3) is 0. The molecule has 2 N–H and O–H groups in total. The third-order valence-corrected chi connectivity index (χ3v) is 1.11. The molecule has 0 aromatic carbocycles. The minimum Gasteiger partial charge on any atom is -0.395 e. The predicted molar refractivity (Wildman–Crippen MR) is 42.1 cm³/mol. The summed E-state index contributed by atoms with van der Waals surface area (Å²) in [5.74, 6) is 0. The fourth-order valence-corrected chi connectivity index (χ4v) is 0.650. The van der Waals surface area contributed by atoms with E-state index in [1.165, 1.54) is 6.08 Å². The molecule has 0 amide bonds. The molecule has 0 saturated heterocycles. The maximum Gasteiger partial charge on any atom is 0.250 e. The molecule has 0 atom stereocenters. The largest absolute Gasteiger partial charge is 0.395 e. The number of pyridine rings is 1. The predicted octanol–water partition coefficient (Wildman–Crippen LogP) is 0.491. The zero-order chi connectivity index (χ0) is 8.10. The Morgan fingerprint density at radius 3 is 3.00 bits per heavy atom. The maximum atomic E-state index is 9.96. The second-order valence-corrected chi connectivity index (χ2v) is 1.96. The van der Waals surface area contributed by atoms with Gasteiger partial charge in [0.05, 0.1) is 11.4 Å². The van der Waals surface area contributed by atoms with Gasteiger partial charge >= 0.3 is 0 Å². The van der Waals surface area contributed by atoms with Crippen molar-refractivity contribution < 1.29 is 4.79 Å². The van der Waals surface area contributed by atoms with Crippen LogP contribution in [0.4, 0.5) is 0 Å². The number of carbonyl (C=O) groups excluding carboxylic acids is 1. The zero-order valence-corrected chi connectivity index (χ0v) is 5.82. The monoisotopic (exact) mass is 147 g/mol. The highest BCUT2D eigenvalue weighted by Crippen LogP contribution is 1.96. The fourth-order valence-electron chi connectivity index (χ4n) is 0.650. The number of nitrogens with two attached hydrogens (primary N) is 1. The first kappa shape index (κ1) is 7.47. The van der Waals surface area contributed by atoms with Gasteiger partial charge in [-0.05, 0) is 18.2 Å². The van der Waals surface area contributed by atoms with Crippen LogP contribution < -0.4 is 5.73 Å². The SMILES string of the molecule is NC([C]=O)=Cc1ccccn1. The lowest BCUT2D eigenvalue weighted by Crippen LogP contribution is -1.97. The molecule has 0 spiro atoms. The van der Waals surface area contributed by atoms with Gasteiger partial charge in [-0.1, -0.05) is 6.07 Å². The van der Waals surface area contributed by atoms with E-state index in [0.717, 1.165) is 0 Å². The molecule has 55 valence electrons. The van der Waals surface area contributed by atoms with E-state index < -0.39 is 0 Å². The lowest BCUT2D eigenvalue weighted by Gasteiger charge is -1.89. The lowest BCUT2D eigenvalue weighted by atomic mass is 10.3. The van der Waals surface area contributed by atoms with Crippen molar-refractivity contribution in [2.45, 2.75) is 0 Å². The van der Waals surface area contributed by atoms with Crippen molar-refractivity contribution in [3.63, 3.8) is 0 Å². The van der Waals surface area contributed by atoms with Crippen molar-refractivity contribution in [1.82, 2.24) is 4.98 Å². The number of rotatable bonds is 2. The quantitative estimate of drug-likeness (QED) is 0.619. The second-order valence-electron chi connectivity index (χ2n) is 1.96. The summed E-state index contributed by atoms with van der Waals surface area (Å²) in [6.45, 7) is 0. The van der Waals surface area contributed by atoms with Crippen LogP contribution in [-0.2, 0) is 4.79 Å². The molecule has 1 rings (SSSR count). The molecule has 1 radical (unpaired) electrons. The van der Waals surface area contributed by atoms with E-state index in [-0.39, 0.29) is 5.70 Å². The van der Waals surface area contributed by atoms with Gasteiger partial charge in [0.1, 0.15) is 0 Å². The van der Waals surface area contributed by atoms with Crippen molar-refractivity contribution >= 4 is 12.4 Å². The normalized spacial score (nSPS) is 11.1. The molecule has 1 aromatic heterocycles. The molecule has 0 aliphatic heterocycles. The minimum absolute atomic E-state index is 0.0590. The molecular weight excluding hydrogens is 140 g/mol. The first-order valence-corrected chi connectivity index (χ1v) is 3.09. The van der Waals surface area contributed by atoms with Crippen LogP contribution in [0.3, 0.4) is 0 Å². The molecule has 0 unspecified atom stereocenters. The molecule has 0 aliphatic carbocycles. The molecule has 11 heavy (non-hydrogen) atoms.